The van der Waals surface area contributed by atoms with Gasteiger partial charge in [0.05, 0.1) is 20.2 Å². The van der Waals surface area contributed by atoms with Crippen molar-refractivity contribution in [1.29, 1.82) is 0 Å². The number of halogens is 1. The molecule has 118 valence electrons. The van der Waals surface area contributed by atoms with Crippen LogP contribution in [0.2, 0.25) is 0 Å². The number of carbonyl (C=O) groups is 1. The van der Waals surface area contributed by atoms with Gasteiger partial charge in [0.2, 0.25) is 0 Å². The van der Waals surface area contributed by atoms with Gasteiger partial charge in [0.1, 0.15) is 0 Å². The number of thiophene rings is 4. The molecule has 1 nitrogen and oxygen atoms in total. The molecule has 0 saturated heterocycles. The van der Waals surface area contributed by atoms with Crippen LogP contribution in [-0.2, 0) is 0 Å². The first kappa shape index (κ1) is 15.5. The molecular formula is C18H9IOS4. The predicted octanol–water partition coefficient (Wildman–Crippen LogP) is 7.39. The minimum Gasteiger partial charge on any atom is -0.288 e. The summed E-state index contributed by atoms with van der Waals surface area (Å²) < 4.78 is 1.11. The van der Waals surface area contributed by atoms with Crippen molar-refractivity contribution in [3.8, 4) is 29.3 Å². The van der Waals surface area contributed by atoms with Crippen molar-refractivity contribution in [2.75, 3.05) is 0 Å². The van der Waals surface area contributed by atoms with Gasteiger partial charge >= 0.3 is 0 Å². The van der Waals surface area contributed by atoms with Crippen LogP contribution in [0.25, 0.3) is 29.3 Å². The van der Waals surface area contributed by atoms with Gasteiger partial charge in [0.25, 0.3) is 0 Å². The minimum atomic E-state index is 0.208. The Morgan fingerprint density at radius 3 is 2.04 bits per heavy atom. The summed E-state index contributed by atoms with van der Waals surface area (Å²) in [5.41, 5.74) is 2.99. The Balaban J connectivity index is 1.75. The first-order valence-electron chi connectivity index (χ1n) is 7.25. The monoisotopic (exact) mass is 496 g/mol. The molecule has 0 amide bonds. The molecule has 5 rings (SSSR count). The zero-order valence-corrected chi connectivity index (χ0v) is 17.8. The molecule has 1 aliphatic rings. The number of hydrogen-bond acceptors (Lipinski definition) is 5. The molecule has 6 heteroatoms. The van der Waals surface area contributed by atoms with Crippen molar-refractivity contribution in [1.82, 2.24) is 0 Å². The van der Waals surface area contributed by atoms with Crippen LogP contribution >= 0.6 is 67.9 Å². The Kier molecular flexibility index (Phi) is 3.61. The average Bonchev–Trinajstić information content (AvgIpc) is 3.34. The highest BCUT2D eigenvalue weighted by Gasteiger charge is 2.37. The number of carbonyl (C=O) groups excluding carboxylic acids is 1. The fourth-order valence-corrected chi connectivity index (χ4v) is 8.96. The summed E-state index contributed by atoms with van der Waals surface area (Å²) in [4.78, 5) is 20.4. The maximum Gasteiger partial charge on any atom is 0.197 e. The Morgan fingerprint density at radius 1 is 0.833 bits per heavy atom. The Labute approximate surface area is 168 Å². The van der Waals surface area contributed by atoms with Crippen molar-refractivity contribution in [2.24, 2.45) is 0 Å². The standard InChI is InChI=1S/C18H9IOS4/c1-8-11-14(20)12-13(19)16(10-5-3-7-22-10)24-18(12)17(11)23-15(8)9-4-2-6-21-9/h2-7H,1H3. The number of fused-ring (bicyclic) bond motifs is 3. The molecule has 4 aromatic rings. The lowest BCUT2D eigenvalue weighted by molar-refractivity contribution is 0.104. The van der Waals surface area contributed by atoms with Gasteiger partial charge in [0.15, 0.2) is 5.78 Å². The second kappa shape index (κ2) is 5.60. The zero-order chi connectivity index (χ0) is 16.4. The van der Waals surface area contributed by atoms with Gasteiger partial charge in [-0.3, -0.25) is 4.79 Å². The van der Waals surface area contributed by atoms with E-state index in [-0.39, 0.29) is 5.78 Å². The van der Waals surface area contributed by atoms with E-state index in [1.807, 2.05) is 0 Å². The molecule has 0 spiro atoms. The second-order valence-corrected chi connectivity index (χ2v) is 10.5. The molecule has 0 bridgehead atoms. The fraction of sp³-hybridized carbons (Fsp3) is 0.0556. The molecule has 0 saturated carbocycles. The summed E-state index contributed by atoms with van der Waals surface area (Å²) in [6, 6.07) is 8.41. The van der Waals surface area contributed by atoms with Crippen LogP contribution in [0.1, 0.15) is 21.5 Å². The van der Waals surface area contributed by atoms with E-state index in [9.17, 15) is 4.79 Å². The lowest BCUT2D eigenvalue weighted by atomic mass is 10.1. The van der Waals surface area contributed by atoms with E-state index < -0.39 is 0 Å². The molecule has 0 radical (unpaired) electrons. The van der Waals surface area contributed by atoms with Gasteiger partial charge < -0.3 is 0 Å². The van der Waals surface area contributed by atoms with Gasteiger partial charge in [-0.25, -0.2) is 0 Å². The van der Waals surface area contributed by atoms with Gasteiger partial charge in [-0.2, -0.15) is 0 Å². The summed E-state index contributed by atoms with van der Waals surface area (Å²) in [6.45, 7) is 2.09. The van der Waals surface area contributed by atoms with Crippen molar-refractivity contribution < 1.29 is 4.79 Å². The van der Waals surface area contributed by atoms with Gasteiger partial charge in [-0.15, -0.1) is 45.3 Å². The average molecular weight is 496 g/mol. The van der Waals surface area contributed by atoms with E-state index in [0.717, 1.165) is 20.3 Å². The van der Waals surface area contributed by atoms with Crippen molar-refractivity contribution >= 4 is 73.7 Å². The minimum absolute atomic E-state index is 0.208. The first-order valence-corrected chi connectivity index (χ1v) is 11.7. The lowest BCUT2D eigenvalue weighted by Crippen LogP contribution is -1.98. The number of hydrogen-bond donors (Lipinski definition) is 0. The first-order chi connectivity index (χ1) is 11.7. The van der Waals surface area contributed by atoms with Crippen LogP contribution in [0.15, 0.2) is 35.0 Å². The summed E-state index contributed by atoms with van der Waals surface area (Å²) in [6.07, 6.45) is 0. The van der Waals surface area contributed by atoms with Gasteiger partial charge in [0, 0.05) is 23.8 Å². The number of rotatable bonds is 2. The van der Waals surface area contributed by atoms with Gasteiger partial charge in [-0.1, -0.05) is 12.1 Å². The second-order valence-electron chi connectivity index (χ2n) is 5.49. The normalized spacial score (nSPS) is 12.7. The zero-order valence-electron chi connectivity index (χ0n) is 12.4. The van der Waals surface area contributed by atoms with Gasteiger partial charge in [-0.05, 0) is 58.0 Å². The summed E-state index contributed by atoms with van der Waals surface area (Å²) in [5.74, 6) is 0.208. The molecule has 0 unspecified atom stereocenters. The third-order valence-corrected chi connectivity index (χ3v) is 10.3. The molecule has 1 aliphatic carbocycles. The van der Waals surface area contributed by atoms with E-state index in [4.69, 9.17) is 0 Å². The highest BCUT2D eigenvalue weighted by molar-refractivity contribution is 14.1. The Hall–Kier alpha value is -0.800. The van der Waals surface area contributed by atoms with E-state index in [0.29, 0.717) is 0 Å². The van der Waals surface area contributed by atoms with Crippen LogP contribution in [0.4, 0.5) is 0 Å². The quantitative estimate of drug-likeness (QED) is 0.233. The number of ketones is 1. The Bertz CT molecular complexity index is 995. The predicted molar refractivity (Wildman–Crippen MR) is 115 cm³/mol. The van der Waals surface area contributed by atoms with Crippen LogP contribution in [0, 0.1) is 10.5 Å². The summed E-state index contributed by atoms with van der Waals surface area (Å²) >= 11 is 9.36. The third kappa shape index (κ3) is 2.03. The van der Waals surface area contributed by atoms with Crippen LogP contribution in [0.5, 0.6) is 0 Å². The molecule has 0 atom stereocenters. The molecule has 4 heterocycles. The molecular weight excluding hydrogens is 487 g/mol. The van der Waals surface area contributed by atoms with Crippen LogP contribution in [0.3, 0.4) is 0 Å². The maximum atomic E-state index is 13.1. The Morgan fingerprint density at radius 2 is 1.42 bits per heavy atom. The molecule has 0 aliphatic heterocycles. The topological polar surface area (TPSA) is 17.1 Å². The molecule has 0 aromatic carbocycles. The summed E-state index contributed by atoms with van der Waals surface area (Å²) in [7, 11) is 0. The third-order valence-electron chi connectivity index (χ3n) is 4.15. The van der Waals surface area contributed by atoms with E-state index in [2.05, 4.69) is 64.5 Å². The van der Waals surface area contributed by atoms with Crippen molar-refractivity contribution in [3.05, 3.63) is 55.3 Å². The molecule has 0 N–H and O–H groups in total. The van der Waals surface area contributed by atoms with E-state index >= 15 is 0 Å². The van der Waals surface area contributed by atoms with Crippen molar-refractivity contribution in [3.63, 3.8) is 0 Å². The smallest absolute Gasteiger partial charge is 0.197 e. The van der Waals surface area contributed by atoms with Crippen molar-refractivity contribution in [2.45, 2.75) is 6.92 Å². The SMILES string of the molecule is Cc1c(-c2cccs2)sc2c1C(=O)c1c-2sc(-c2cccs2)c1I. The lowest BCUT2D eigenvalue weighted by Gasteiger charge is -1.99. The summed E-state index contributed by atoms with van der Waals surface area (Å²) in [5, 5.41) is 4.18. The highest BCUT2D eigenvalue weighted by atomic mass is 127. The molecule has 0 fully saturated rings. The molecule has 24 heavy (non-hydrogen) atoms. The van der Waals surface area contributed by atoms with E-state index in [1.165, 1.54) is 29.3 Å². The maximum absolute atomic E-state index is 13.1. The van der Waals surface area contributed by atoms with Crippen LogP contribution < -0.4 is 0 Å². The fourth-order valence-electron chi connectivity index (χ4n) is 3.05. The van der Waals surface area contributed by atoms with Crippen LogP contribution in [-0.4, -0.2) is 5.78 Å². The van der Waals surface area contributed by atoms with E-state index in [1.54, 1.807) is 45.3 Å². The molecule has 4 aromatic heterocycles. The highest BCUT2D eigenvalue weighted by Crippen LogP contribution is 2.55. The largest absolute Gasteiger partial charge is 0.288 e.